The van der Waals surface area contributed by atoms with Crippen LogP contribution >= 0.6 is 0 Å². The molecule has 0 spiro atoms. The van der Waals surface area contributed by atoms with Crippen molar-refractivity contribution in [3.05, 3.63) is 125 Å². The van der Waals surface area contributed by atoms with Gasteiger partial charge in [-0.15, -0.1) is 0 Å². The maximum atomic E-state index is 13.7. The van der Waals surface area contributed by atoms with E-state index in [1.54, 1.807) is 19.1 Å². The summed E-state index contributed by atoms with van der Waals surface area (Å²) >= 11 is 0. The maximum absolute atomic E-state index is 13.7. The van der Waals surface area contributed by atoms with Gasteiger partial charge in [0.15, 0.2) is 0 Å². The predicted molar refractivity (Wildman–Crippen MR) is 159 cm³/mol. The van der Waals surface area contributed by atoms with Gasteiger partial charge in [-0.05, 0) is 52.9 Å². The third-order valence-electron chi connectivity index (χ3n) is 7.52. The number of carbonyl (C=O) groups is 3. The summed E-state index contributed by atoms with van der Waals surface area (Å²) < 4.78 is 11.7. The minimum atomic E-state index is -1.11. The molecule has 5 rings (SSSR count). The Bertz CT molecular complexity index is 1540. The predicted octanol–water partition coefficient (Wildman–Crippen LogP) is 5.86. The fraction of sp³-hybridized carbons (Fsp3) is 0.206. The molecule has 1 aliphatic carbocycles. The van der Waals surface area contributed by atoms with Crippen LogP contribution in [0.5, 0.6) is 0 Å². The van der Waals surface area contributed by atoms with E-state index >= 15 is 0 Å². The molecule has 2 amide bonds. The van der Waals surface area contributed by atoms with Gasteiger partial charge < -0.3 is 24.8 Å². The van der Waals surface area contributed by atoms with Crippen LogP contribution in [0, 0.1) is 0 Å². The van der Waals surface area contributed by atoms with Crippen LogP contribution in [0.2, 0.25) is 0 Å². The molecule has 0 aromatic heterocycles. The molecule has 0 saturated heterocycles. The van der Waals surface area contributed by atoms with Crippen LogP contribution in [-0.4, -0.2) is 48.9 Å². The number of likely N-dealkylation sites (N-methyl/N-ethyl adjacent to an activating group) is 1. The first-order chi connectivity index (χ1) is 20.3. The minimum absolute atomic E-state index is 0.0431. The lowest BCUT2D eigenvalue weighted by molar-refractivity contribution is -0.124. The van der Waals surface area contributed by atoms with Crippen molar-refractivity contribution in [1.82, 2.24) is 5.32 Å². The number of carbonyl (C=O) groups excluding carboxylic acids is 2. The molecule has 2 unspecified atom stereocenters. The first kappa shape index (κ1) is 28.6. The van der Waals surface area contributed by atoms with Gasteiger partial charge in [-0.25, -0.2) is 9.59 Å². The number of nitrogens with zero attached hydrogens (tertiary/aromatic N) is 1. The van der Waals surface area contributed by atoms with Gasteiger partial charge in [-0.1, -0.05) is 84.9 Å². The molecule has 0 aliphatic heterocycles. The van der Waals surface area contributed by atoms with Crippen molar-refractivity contribution >= 4 is 23.7 Å². The van der Waals surface area contributed by atoms with Crippen molar-refractivity contribution in [1.29, 1.82) is 0 Å². The molecule has 8 heteroatoms. The van der Waals surface area contributed by atoms with Crippen LogP contribution in [0.25, 0.3) is 11.1 Å². The highest BCUT2D eigenvalue weighted by Crippen LogP contribution is 2.44. The number of carboxylic acids is 1. The van der Waals surface area contributed by atoms with Crippen LogP contribution < -0.4 is 10.2 Å². The van der Waals surface area contributed by atoms with Gasteiger partial charge >= 0.3 is 12.1 Å². The molecule has 0 saturated carbocycles. The summed E-state index contributed by atoms with van der Waals surface area (Å²) in [6, 6.07) is 30.5. The molecule has 0 radical (unpaired) electrons. The number of alkyl carbamates (subject to hydrolysis) is 1. The Morgan fingerprint density at radius 3 is 2.12 bits per heavy atom. The summed E-state index contributed by atoms with van der Waals surface area (Å²) in [7, 11) is 1.53. The van der Waals surface area contributed by atoms with E-state index < -0.39 is 30.1 Å². The average molecular weight is 565 g/mol. The van der Waals surface area contributed by atoms with Gasteiger partial charge in [0, 0.05) is 18.7 Å². The lowest BCUT2D eigenvalue weighted by Crippen LogP contribution is -2.54. The topological polar surface area (TPSA) is 105 Å². The molecule has 42 heavy (non-hydrogen) atoms. The molecule has 0 heterocycles. The third kappa shape index (κ3) is 6.19. The van der Waals surface area contributed by atoms with Gasteiger partial charge in [0.05, 0.1) is 18.3 Å². The third-order valence-corrected chi connectivity index (χ3v) is 7.52. The number of hydrogen-bond acceptors (Lipinski definition) is 5. The zero-order chi connectivity index (χ0) is 29.6. The second-order valence-corrected chi connectivity index (χ2v) is 10.2. The van der Waals surface area contributed by atoms with Crippen molar-refractivity contribution in [3.63, 3.8) is 0 Å². The molecular weight excluding hydrogens is 532 g/mol. The number of fused-ring (bicyclic) bond motifs is 3. The minimum Gasteiger partial charge on any atom is -0.478 e. The van der Waals surface area contributed by atoms with E-state index in [9.17, 15) is 19.5 Å². The van der Waals surface area contributed by atoms with Crippen molar-refractivity contribution in [2.75, 3.05) is 18.6 Å². The largest absolute Gasteiger partial charge is 0.478 e. The van der Waals surface area contributed by atoms with Crippen molar-refractivity contribution in [2.45, 2.75) is 31.6 Å². The number of nitrogens with one attached hydrogen (secondary N) is 1. The Morgan fingerprint density at radius 2 is 1.48 bits per heavy atom. The van der Waals surface area contributed by atoms with Gasteiger partial charge in [0.1, 0.15) is 12.6 Å². The summed E-state index contributed by atoms with van der Waals surface area (Å²) in [4.78, 5) is 39.7. The normalized spacial score (nSPS) is 13.4. The molecule has 1 aliphatic rings. The fourth-order valence-electron chi connectivity index (χ4n) is 5.23. The summed E-state index contributed by atoms with van der Waals surface area (Å²) in [6.45, 7) is 2.03. The summed E-state index contributed by atoms with van der Waals surface area (Å²) in [6.07, 6.45) is -1.48. The number of benzene rings is 4. The smallest absolute Gasteiger partial charge is 0.407 e. The van der Waals surface area contributed by atoms with Crippen LogP contribution in [0.15, 0.2) is 103 Å². The zero-order valence-corrected chi connectivity index (χ0v) is 23.4. The molecule has 214 valence electrons. The van der Waals surface area contributed by atoms with Crippen molar-refractivity contribution in [3.8, 4) is 11.1 Å². The second kappa shape index (κ2) is 12.7. The zero-order valence-electron chi connectivity index (χ0n) is 23.4. The first-order valence-electron chi connectivity index (χ1n) is 13.7. The van der Waals surface area contributed by atoms with E-state index in [-0.39, 0.29) is 24.7 Å². The molecule has 4 aromatic rings. The quantitative estimate of drug-likeness (QED) is 0.250. The van der Waals surface area contributed by atoms with Crippen molar-refractivity contribution < 1.29 is 29.0 Å². The molecule has 2 atom stereocenters. The molecule has 0 bridgehead atoms. The Balaban J connectivity index is 1.32. The number of carboxylic acid groups (broad SMARTS) is 1. The molecular formula is C34H32N2O6. The van der Waals surface area contributed by atoms with Crippen molar-refractivity contribution in [2.24, 2.45) is 0 Å². The maximum Gasteiger partial charge on any atom is 0.407 e. The van der Waals surface area contributed by atoms with Gasteiger partial charge in [0.2, 0.25) is 0 Å². The van der Waals surface area contributed by atoms with E-state index in [4.69, 9.17) is 9.47 Å². The monoisotopic (exact) mass is 564 g/mol. The highest BCUT2D eigenvalue weighted by Gasteiger charge is 2.33. The van der Waals surface area contributed by atoms with E-state index in [1.807, 2.05) is 66.7 Å². The number of aromatic carboxylic acids is 1. The van der Waals surface area contributed by atoms with Crippen LogP contribution in [0.3, 0.4) is 0 Å². The molecule has 8 nitrogen and oxygen atoms in total. The van der Waals surface area contributed by atoms with Gasteiger partial charge in [0.25, 0.3) is 5.91 Å². The standard InChI is InChI=1S/C34H32N2O6/c1-22(41-20-23-11-4-3-5-12-23)31(32(37)36(2)25-14-10-13-24(19-25)33(38)39)35-34(40)42-21-30-28-17-8-6-15-26(28)27-16-7-9-18-29(27)30/h3-19,22,30-31H,20-21H2,1-2H3,(H,35,40)(H,38,39). The van der Waals surface area contributed by atoms with Crippen LogP contribution in [0.1, 0.15) is 39.9 Å². The lowest BCUT2D eigenvalue weighted by Gasteiger charge is -2.29. The molecule has 0 fully saturated rings. The van der Waals surface area contributed by atoms with E-state index in [1.165, 1.54) is 24.1 Å². The number of amides is 2. The fourth-order valence-corrected chi connectivity index (χ4v) is 5.23. The lowest BCUT2D eigenvalue weighted by atomic mass is 9.98. The summed E-state index contributed by atoms with van der Waals surface area (Å²) in [5.41, 5.74) is 5.72. The number of anilines is 1. The summed E-state index contributed by atoms with van der Waals surface area (Å²) in [5.74, 6) is -1.72. The van der Waals surface area contributed by atoms with Gasteiger partial charge in [-0.3, -0.25) is 4.79 Å². The Hall–Kier alpha value is -4.95. The summed E-state index contributed by atoms with van der Waals surface area (Å²) in [5, 5.41) is 12.1. The molecule has 2 N–H and O–H groups in total. The number of rotatable bonds is 10. The Morgan fingerprint density at radius 1 is 0.857 bits per heavy atom. The van der Waals surface area contributed by atoms with Crippen LogP contribution in [-0.2, 0) is 20.9 Å². The van der Waals surface area contributed by atoms with E-state index in [0.29, 0.717) is 5.69 Å². The Labute approximate surface area is 244 Å². The van der Waals surface area contributed by atoms with Gasteiger partial charge in [-0.2, -0.15) is 0 Å². The SMILES string of the molecule is CC(OCc1ccccc1)C(NC(=O)OCC1c2ccccc2-c2ccccc21)C(=O)N(C)c1cccc(C(=O)O)c1. The highest BCUT2D eigenvalue weighted by atomic mass is 16.5. The number of hydrogen-bond donors (Lipinski definition) is 2. The highest BCUT2D eigenvalue weighted by molar-refractivity contribution is 5.99. The number of ether oxygens (including phenoxy) is 2. The van der Waals surface area contributed by atoms with Crippen LogP contribution in [0.4, 0.5) is 10.5 Å². The Kier molecular flexibility index (Phi) is 8.64. The average Bonchev–Trinajstić information content (AvgIpc) is 3.34. The molecule has 4 aromatic carbocycles. The first-order valence-corrected chi connectivity index (χ1v) is 13.7. The van der Waals surface area contributed by atoms with E-state index in [2.05, 4.69) is 17.4 Å². The second-order valence-electron chi connectivity index (χ2n) is 10.2. The van der Waals surface area contributed by atoms with E-state index in [0.717, 1.165) is 27.8 Å².